The normalized spacial score (nSPS) is 19.1. The number of aliphatic imine (C=N–C) groups is 2. The molecule has 2 aromatic rings. The minimum atomic E-state index is -3.82. The topological polar surface area (TPSA) is 111 Å². The molecule has 0 bridgehead atoms. The van der Waals surface area contributed by atoms with Crippen LogP contribution in [0.5, 0.6) is 5.75 Å². The number of aliphatic hydroxyl groups is 1. The summed E-state index contributed by atoms with van der Waals surface area (Å²) in [4.78, 5) is 28.2. The Morgan fingerprint density at radius 3 is 2.80 bits per heavy atom. The first-order chi connectivity index (χ1) is 16.7. The Labute approximate surface area is 207 Å². The number of hydrogen-bond acceptors (Lipinski definition) is 9. The van der Waals surface area contributed by atoms with E-state index < -0.39 is 17.6 Å². The Kier molecular flexibility index (Phi) is 6.34. The molecular formula is C22H19ClF2N6O3S. The molecule has 182 valence electrons. The third kappa shape index (κ3) is 5.55. The van der Waals surface area contributed by atoms with Gasteiger partial charge in [-0.25, -0.2) is 9.98 Å². The van der Waals surface area contributed by atoms with E-state index in [1.807, 2.05) is 11.0 Å². The van der Waals surface area contributed by atoms with E-state index in [4.69, 9.17) is 11.6 Å². The van der Waals surface area contributed by atoms with Gasteiger partial charge in [-0.3, -0.25) is 9.79 Å². The van der Waals surface area contributed by atoms with Gasteiger partial charge in [0.1, 0.15) is 16.6 Å². The molecule has 13 heteroatoms. The molecule has 1 saturated heterocycles. The van der Waals surface area contributed by atoms with Gasteiger partial charge in [0.05, 0.1) is 28.9 Å². The van der Waals surface area contributed by atoms with Crippen molar-refractivity contribution < 1.29 is 23.4 Å². The lowest BCUT2D eigenvalue weighted by atomic mass is 10.2. The first-order valence-electron chi connectivity index (χ1n) is 10.6. The maximum absolute atomic E-state index is 12.9. The summed E-state index contributed by atoms with van der Waals surface area (Å²) in [6.07, 6.45) is 3.44. The molecule has 4 heterocycles. The highest BCUT2D eigenvalue weighted by atomic mass is 35.5. The molecule has 3 aliphatic heterocycles. The van der Waals surface area contributed by atoms with Crippen molar-refractivity contribution in [3.8, 4) is 5.75 Å². The van der Waals surface area contributed by atoms with Gasteiger partial charge in [-0.1, -0.05) is 11.8 Å². The van der Waals surface area contributed by atoms with E-state index in [1.165, 1.54) is 30.5 Å². The molecule has 0 radical (unpaired) electrons. The van der Waals surface area contributed by atoms with Crippen LogP contribution in [-0.4, -0.2) is 57.4 Å². The average molecular weight is 521 g/mol. The Morgan fingerprint density at radius 1 is 1.31 bits per heavy atom. The fraction of sp³-hybridized carbons (Fsp3) is 0.273. The molecule has 0 spiro atoms. The maximum Gasteiger partial charge on any atom is 0.487 e. The van der Waals surface area contributed by atoms with Gasteiger partial charge in [0.2, 0.25) is 0 Å². The Balaban J connectivity index is 1.36. The number of halogens is 3. The van der Waals surface area contributed by atoms with Crippen LogP contribution in [0, 0.1) is 0 Å². The molecule has 9 nitrogen and oxygen atoms in total. The summed E-state index contributed by atoms with van der Waals surface area (Å²) in [5.74, 6) is 1.22. The van der Waals surface area contributed by atoms with E-state index in [9.17, 15) is 18.7 Å². The van der Waals surface area contributed by atoms with Crippen LogP contribution < -0.4 is 20.3 Å². The lowest BCUT2D eigenvalue weighted by molar-refractivity contribution is -0.0964. The number of benzene rings is 1. The van der Waals surface area contributed by atoms with Crippen LogP contribution in [-0.2, 0) is 0 Å². The van der Waals surface area contributed by atoms with E-state index in [1.54, 1.807) is 17.8 Å². The van der Waals surface area contributed by atoms with Crippen molar-refractivity contribution in [2.24, 2.45) is 9.98 Å². The monoisotopic (exact) mass is 520 g/mol. The molecule has 3 aliphatic rings. The van der Waals surface area contributed by atoms with Crippen molar-refractivity contribution in [2.75, 3.05) is 34.5 Å². The largest absolute Gasteiger partial charge is 0.487 e. The molecule has 0 aliphatic carbocycles. The van der Waals surface area contributed by atoms with E-state index in [0.717, 1.165) is 10.8 Å². The number of ether oxygens (including phenoxy) is 1. The number of pyridine rings is 1. The predicted octanol–water partition coefficient (Wildman–Crippen LogP) is 3.88. The summed E-state index contributed by atoms with van der Waals surface area (Å²) in [7, 11) is 0. The van der Waals surface area contributed by atoms with Crippen LogP contribution >= 0.6 is 23.4 Å². The van der Waals surface area contributed by atoms with Crippen LogP contribution in [0.25, 0.3) is 0 Å². The van der Waals surface area contributed by atoms with Crippen LogP contribution in [0.1, 0.15) is 16.8 Å². The summed E-state index contributed by atoms with van der Waals surface area (Å²) in [5, 5.41) is 16.7. The van der Waals surface area contributed by atoms with Crippen molar-refractivity contribution in [1.29, 1.82) is 0 Å². The minimum Gasteiger partial charge on any atom is -0.420 e. The number of hydrogen-bond donors (Lipinski definition) is 3. The summed E-state index contributed by atoms with van der Waals surface area (Å²) in [5.41, 5.74) is -1.81. The van der Waals surface area contributed by atoms with E-state index in [2.05, 4.69) is 30.3 Å². The number of fused-ring (bicyclic) bond motifs is 1. The smallest absolute Gasteiger partial charge is 0.420 e. The number of rotatable bonds is 7. The van der Waals surface area contributed by atoms with Crippen LogP contribution in [0.4, 0.5) is 26.0 Å². The zero-order chi connectivity index (χ0) is 24.6. The first kappa shape index (κ1) is 23.5. The summed E-state index contributed by atoms with van der Waals surface area (Å²) < 4.78 is 29.8. The number of nitrogens with one attached hydrogen (secondary N) is 2. The number of allylic oxidation sites excluding steroid dienone is 1. The van der Waals surface area contributed by atoms with Crippen LogP contribution in [0.3, 0.4) is 0 Å². The Morgan fingerprint density at radius 2 is 2.11 bits per heavy atom. The van der Waals surface area contributed by atoms with Crippen molar-refractivity contribution >= 4 is 57.2 Å². The second-order valence-corrected chi connectivity index (χ2v) is 9.27. The van der Waals surface area contributed by atoms with Gasteiger partial charge in [0.25, 0.3) is 5.91 Å². The Hall–Kier alpha value is -3.22. The molecule has 1 amide bonds. The zero-order valence-corrected chi connectivity index (χ0v) is 19.6. The number of β-amino-alcohol motifs (C(OH)–C–C–N with tert-alkyl or cyclic N) is 1. The standard InChI is InChI=1S/C22H19ClF2N6O3S/c23-22(24,25)34-15-3-1-13(2-4-15)28-20(33)12-7-16(19(26-9-12)31-6-5-14(32)10-31)29-18-8-17-21(30-18)35-11-27-17/h1-4,7-9,14,29,32H,5-6,10-11H2,(H,28,33)/t14-/m1/s1. The van der Waals surface area contributed by atoms with Crippen molar-refractivity contribution in [3.05, 3.63) is 54.0 Å². The third-order valence-electron chi connectivity index (χ3n) is 5.35. The number of aromatic nitrogens is 1. The molecule has 1 aromatic carbocycles. The fourth-order valence-electron chi connectivity index (χ4n) is 3.78. The molecule has 0 saturated carbocycles. The van der Waals surface area contributed by atoms with E-state index >= 15 is 0 Å². The Bertz CT molecular complexity index is 1250. The van der Waals surface area contributed by atoms with Gasteiger partial charge in [-0.05, 0) is 36.8 Å². The second-order valence-electron chi connectivity index (χ2n) is 7.90. The molecule has 1 atom stereocenters. The van der Waals surface area contributed by atoms with E-state index in [-0.39, 0.29) is 11.3 Å². The van der Waals surface area contributed by atoms with Crippen molar-refractivity contribution in [2.45, 2.75) is 18.1 Å². The number of amides is 1. The zero-order valence-electron chi connectivity index (χ0n) is 18.0. The second kappa shape index (κ2) is 9.44. The van der Waals surface area contributed by atoms with Crippen molar-refractivity contribution in [1.82, 2.24) is 4.98 Å². The summed E-state index contributed by atoms with van der Waals surface area (Å²) in [6, 6.07) is 7.01. The number of carbonyl (C=O) groups is 1. The van der Waals surface area contributed by atoms with Crippen LogP contribution in [0.2, 0.25) is 0 Å². The van der Waals surface area contributed by atoms with Gasteiger partial charge in [0.15, 0.2) is 5.82 Å². The maximum atomic E-state index is 12.9. The SMILES string of the molecule is O=C(Nc1ccc(OC(F)(F)Cl)cc1)c1cnc(N2CC[C@@H](O)C2)c(NC2=CC3=NCSC3=N2)c1. The molecule has 5 rings (SSSR count). The van der Waals surface area contributed by atoms with Gasteiger partial charge in [-0.2, -0.15) is 0 Å². The lowest BCUT2D eigenvalue weighted by Crippen LogP contribution is -2.24. The molecule has 1 fully saturated rings. The third-order valence-corrected chi connectivity index (χ3v) is 6.26. The summed E-state index contributed by atoms with van der Waals surface area (Å²) in [6.45, 7) is 1.05. The van der Waals surface area contributed by atoms with Crippen LogP contribution in [0.15, 0.2) is 58.4 Å². The molecule has 0 unspecified atom stereocenters. The van der Waals surface area contributed by atoms with E-state index in [0.29, 0.717) is 48.4 Å². The molecular weight excluding hydrogens is 502 g/mol. The highest BCUT2D eigenvalue weighted by Crippen LogP contribution is 2.32. The number of thioether (sulfide) groups is 1. The summed E-state index contributed by atoms with van der Waals surface area (Å²) >= 11 is 6.31. The quantitative estimate of drug-likeness (QED) is 0.475. The van der Waals surface area contributed by atoms with Gasteiger partial charge < -0.3 is 25.4 Å². The molecule has 3 N–H and O–H groups in total. The van der Waals surface area contributed by atoms with Gasteiger partial charge in [-0.15, -0.1) is 8.78 Å². The lowest BCUT2D eigenvalue weighted by Gasteiger charge is -2.21. The molecule has 35 heavy (non-hydrogen) atoms. The number of aliphatic hydroxyl groups excluding tert-OH is 1. The molecule has 1 aromatic heterocycles. The van der Waals surface area contributed by atoms with Crippen molar-refractivity contribution in [3.63, 3.8) is 0 Å². The predicted molar refractivity (Wildman–Crippen MR) is 132 cm³/mol. The van der Waals surface area contributed by atoms with Gasteiger partial charge in [0, 0.05) is 42.7 Å². The average Bonchev–Trinajstić information content (AvgIpc) is 3.51. The first-order valence-corrected chi connectivity index (χ1v) is 12.0. The minimum absolute atomic E-state index is 0.146. The number of carbonyl (C=O) groups excluding carboxylic acids is 1. The number of nitrogens with zero attached hydrogens (tertiary/aromatic N) is 4. The number of anilines is 3. The fourth-order valence-corrected chi connectivity index (χ4v) is 4.63. The highest BCUT2D eigenvalue weighted by Gasteiger charge is 2.28. The highest BCUT2D eigenvalue weighted by molar-refractivity contribution is 8.16. The van der Waals surface area contributed by atoms with Gasteiger partial charge >= 0.3 is 5.57 Å². The number of alkyl halides is 3.